The molecule has 3 N–H and O–H groups in total. The largest absolute Gasteiger partial charge is 0.396 e. The fourth-order valence-corrected chi connectivity index (χ4v) is 1.66. The molecule has 0 aliphatic rings. The third-order valence-electron chi connectivity index (χ3n) is 2.81. The maximum absolute atomic E-state index is 11.0. The normalized spacial score (nSPS) is 11.9. The lowest BCUT2D eigenvalue weighted by Gasteiger charge is -2.16. The molecule has 0 aliphatic carbocycles. The Labute approximate surface area is 117 Å². The molecular weight excluding hydrogens is 262 g/mol. The molecule has 0 aliphatic heterocycles. The van der Waals surface area contributed by atoms with Crippen LogP contribution in [0.2, 0.25) is 0 Å². The van der Waals surface area contributed by atoms with Crippen molar-refractivity contribution in [3.05, 3.63) is 16.3 Å². The standard InChI is InChI=1S/C12H21N5O3/c1-3-6-13-12-14-8-10(17(19)20)11(16-12)15-9(4-2)5-7-18/h8-9,18H,3-7H2,1-2H3,(H2,13,14,15,16). The van der Waals surface area contributed by atoms with Gasteiger partial charge >= 0.3 is 5.69 Å². The second kappa shape index (κ2) is 8.26. The number of rotatable bonds is 9. The highest BCUT2D eigenvalue weighted by molar-refractivity contribution is 5.57. The summed E-state index contributed by atoms with van der Waals surface area (Å²) in [5.41, 5.74) is -0.163. The third kappa shape index (κ3) is 4.61. The topological polar surface area (TPSA) is 113 Å². The number of aliphatic hydroxyl groups excluding tert-OH is 1. The molecule has 1 unspecified atom stereocenters. The molecule has 1 aromatic heterocycles. The minimum absolute atomic E-state index is 0.0192. The van der Waals surface area contributed by atoms with Crippen LogP contribution in [-0.4, -0.2) is 39.2 Å². The van der Waals surface area contributed by atoms with Crippen molar-refractivity contribution in [1.29, 1.82) is 0 Å². The highest BCUT2D eigenvalue weighted by Crippen LogP contribution is 2.23. The van der Waals surface area contributed by atoms with Crippen LogP contribution in [0.25, 0.3) is 0 Å². The molecule has 0 aromatic carbocycles. The Bertz CT molecular complexity index is 441. The monoisotopic (exact) mass is 283 g/mol. The van der Waals surface area contributed by atoms with E-state index in [1.54, 1.807) is 0 Å². The number of anilines is 2. The summed E-state index contributed by atoms with van der Waals surface area (Å²) in [4.78, 5) is 18.5. The van der Waals surface area contributed by atoms with Gasteiger partial charge in [-0.2, -0.15) is 4.98 Å². The molecule has 8 heteroatoms. The Kier molecular flexibility index (Phi) is 6.65. The predicted octanol–water partition coefficient (Wildman–Crippen LogP) is 1.78. The number of nitrogens with zero attached hydrogens (tertiary/aromatic N) is 3. The zero-order chi connectivity index (χ0) is 15.0. The van der Waals surface area contributed by atoms with E-state index in [-0.39, 0.29) is 24.2 Å². The molecule has 0 bridgehead atoms. The molecule has 1 heterocycles. The van der Waals surface area contributed by atoms with Gasteiger partial charge in [0.1, 0.15) is 6.20 Å². The predicted molar refractivity (Wildman–Crippen MR) is 76.9 cm³/mol. The van der Waals surface area contributed by atoms with Crippen molar-refractivity contribution in [3.63, 3.8) is 0 Å². The Morgan fingerprint density at radius 1 is 1.50 bits per heavy atom. The van der Waals surface area contributed by atoms with E-state index in [2.05, 4.69) is 20.6 Å². The van der Waals surface area contributed by atoms with Gasteiger partial charge in [-0.25, -0.2) is 4.98 Å². The van der Waals surface area contributed by atoms with Gasteiger partial charge < -0.3 is 15.7 Å². The van der Waals surface area contributed by atoms with Crippen LogP contribution in [0.5, 0.6) is 0 Å². The molecule has 1 aromatic rings. The van der Waals surface area contributed by atoms with Crippen molar-refractivity contribution >= 4 is 17.5 Å². The molecule has 20 heavy (non-hydrogen) atoms. The van der Waals surface area contributed by atoms with Gasteiger partial charge in [0.2, 0.25) is 11.8 Å². The van der Waals surface area contributed by atoms with Crippen LogP contribution >= 0.6 is 0 Å². The molecule has 0 saturated carbocycles. The lowest BCUT2D eigenvalue weighted by atomic mass is 10.1. The highest BCUT2D eigenvalue weighted by atomic mass is 16.6. The highest BCUT2D eigenvalue weighted by Gasteiger charge is 2.19. The minimum atomic E-state index is -0.516. The van der Waals surface area contributed by atoms with Crippen LogP contribution < -0.4 is 10.6 Å². The Morgan fingerprint density at radius 2 is 2.25 bits per heavy atom. The second-order valence-corrected chi connectivity index (χ2v) is 4.37. The van der Waals surface area contributed by atoms with Crippen molar-refractivity contribution in [2.24, 2.45) is 0 Å². The van der Waals surface area contributed by atoms with E-state index in [0.29, 0.717) is 18.9 Å². The molecule has 0 saturated heterocycles. The van der Waals surface area contributed by atoms with E-state index in [0.717, 1.165) is 12.8 Å². The molecule has 112 valence electrons. The van der Waals surface area contributed by atoms with Crippen LogP contribution in [-0.2, 0) is 0 Å². The van der Waals surface area contributed by atoms with Gasteiger partial charge in [0, 0.05) is 19.2 Å². The van der Waals surface area contributed by atoms with Crippen LogP contribution in [0, 0.1) is 10.1 Å². The van der Waals surface area contributed by atoms with Gasteiger partial charge in [-0.3, -0.25) is 10.1 Å². The Balaban J connectivity index is 2.95. The van der Waals surface area contributed by atoms with Crippen molar-refractivity contribution in [2.45, 2.75) is 39.2 Å². The summed E-state index contributed by atoms with van der Waals surface area (Å²) in [5.74, 6) is 0.544. The summed E-state index contributed by atoms with van der Waals surface area (Å²) in [5, 5.41) is 26.0. The summed E-state index contributed by atoms with van der Waals surface area (Å²) in [7, 11) is 0. The van der Waals surface area contributed by atoms with E-state index in [1.807, 2.05) is 13.8 Å². The summed E-state index contributed by atoms with van der Waals surface area (Å²) in [6.07, 6.45) is 3.35. The maximum Gasteiger partial charge on any atom is 0.329 e. The molecule has 1 atom stereocenters. The molecular formula is C12H21N5O3. The smallest absolute Gasteiger partial charge is 0.329 e. The quantitative estimate of drug-likeness (QED) is 0.467. The van der Waals surface area contributed by atoms with E-state index in [9.17, 15) is 10.1 Å². The zero-order valence-corrected chi connectivity index (χ0v) is 11.8. The van der Waals surface area contributed by atoms with Crippen LogP contribution in [0.1, 0.15) is 33.1 Å². The Hall–Kier alpha value is -1.96. The van der Waals surface area contributed by atoms with Crippen molar-refractivity contribution < 1.29 is 10.0 Å². The maximum atomic E-state index is 11.0. The summed E-state index contributed by atoms with van der Waals surface area (Å²) in [6.45, 7) is 4.67. The van der Waals surface area contributed by atoms with Crippen molar-refractivity contribution in [3.8, 4) is 0 Å². The average Bonchev–Trinajstić information content (AvgIpc) is 2.44. The van der Waals surface area contributed by atoms with Gasteiger partial charge in [0.15, 0.2) is 0 Å². The van der Waals surface area contributed by atoms with Crippen LogP contribution in [0.4, 0.5) is 17.5 Å². The first kappa shape index (κ1) is 16.1. The molecule has 8 nitrogen and oxygen atoms in total. The second-order valence-electron chi connectivity index (χ2n) is 4.37. The van der Waals surface area contributed by atoms with E-state index < -0.39 is 4.92 Å². The van der Waals surface area contributed by atoms with Crippen LogP contribution in [0.3, 0.4) is 0 Å². The molecule has 0 radical (unpaired) electrons. The number of nitrogens with one attached hydrogen (secondary N) is 2. The van der Waals surface area contributed by atoms with Gasteiger partial charge in [0.25, 0.3) is 0 Å². The van der Waals surface area contributed by atoms with Crippen molar-refractivity contribution in [2.75, 3.05) is 23.8 Å². The summed E-state index contributed by atoms with van der Waals surface area (Å²) < 4.78 is 0. The number of nitro groups is 1. The Morgan fingerprint density at radius 3 is 2.80 bits per heavy atom. The molecule has 1 rings (SSSR count). The fourth-order valence-electron chi connectivity index (χ4n) is 1.66. The zero-order valence-electron chi connectivity index (χ0n) is 11.8. The number of aromatic nitrogens is 2. The summed E-state index contributed by atoms with van der Waals surface area (Å²) >= 11 is 0. The van der Waals surface area contributed by atoms with Gasteiger partial charge in [0.05, 0.1) is 4.92 Å². The number of hydrogen-bond donors (Lipinski definition) is 3. The first-order valence-electron chi connectivity index (χ1n) is 6.75. The SMILES string of the molecule is CCCNc1ncc([N+](=O)[O-])c(NC(CC)CCO)n1. The third-order valence-corrected chi connectivity index (χ3v) is 2.81. The lowest BCUT2D eigenvalue weighted by molar-refractivity contribution is -0.384. The average molecular weight is 283 g/mol. The number of hydrogen-bond acceptors (Lipinski definition) is 7. The van der Waals surface area contributed by atoms with E-state index in [1.165, 1.54) is 6.20 Å². The van der Waals surface area contributed by atoms with Gasteiger partial charge in [-0.05, 0) is 19.3 Å². The number of aliphatic hydroxyl groups is 1. The first-order valence-corrected chi connectivity index (χ1v) is 6.75. The lowest BCUT2D eigenvalue weighted by Crippen LogP contribution is -2.22. The minimum Gasteiger partial charge on any atom is -0.396 e. The molecule has 0 fully saturated rings. The molecule has 0 spiro atoms. The van der Waals surface area contributed by atoms with E-state index in [4.69, 9.17) is 5.11 Å². The van der Waals surface area contributed by atoms with Gasteiger partial charge in [-0.1, -0.05) is 13.8 Å². The van der Waals surface area contributed by atoms with Crippen LogP contribution in [0.15, 0.2) is 6.20 Å². The first-order chi connectivity index (χ1) is 9.62. The van der Waals surface area contributed by atoms with E-state index >= 15 is 0 Å². The van der Waals surface area contributed by atoms with Gasteiger partial charge in [-0.15, -0.1) is 0 Å². The van der Waals surface area contributed by atoms with Crippen molar-refractivity contribution in [1.82, 2.24) is 9.97 Å². The molecule has 0 amide bonds. The fraction of sp³-hybridized carbons (Fsp3) is 0.667. The summed E-state index contributed by atoms with van der Waals surface area (Å²) in [6, 6.07) is -0.0624.